The van der Waals surface area contributed by atoms with Crippen LogP contribution in [0.25, 0.3) is 0 Å². The lowest BCUT2D eigenvalue weighted by Gasteiger charge is -2.27. The van der Waals surface area contributed by atoms with Crippen LogP contribution in [0, 0.1) is 0 Å². The van der Waals surface area contributed by atoms with E-state index in [1.54, 1.807) is 0 Å². The van der Waals surface area contributed by atoms with Crippen LogP contribution in [0.5, 0.6) is 5.75 Å². The topological polar surface area (TPSA) is 29.4 Å². The Labute approximate surface area is 211 Å². The second-order valence-electron chi connectivity index (χ2n) is 7.98. The Bertz CT molecular complexity index is 1190. The zero-order chi connectivity index (χ0) is 23.8. The molecular formula is C28H28ClN3OS. The van der Waals surface area contributed by atoms with Gasteiger partial charge in [-0.2, -0.15) is 0 Å². The van der Waals surface area contributed by atoms with Gasteiger partial charge in [-0.25, -0.2) is 0 Å². The highest BCUT2D eigenvalue weighted by atomic mass is 35.5. The molecule has 6 heteroatoms. The first kappa shape index (κ1) is 23.9. The van der Waals surface area contributed by atoms with Crippen molar-refractivity contribution in [2.75, 3.05) is 11.9 Å². The summed E-state index contributed by atoms with van der Waals surface area (Å²) >= 11 is 11.9. The molecule has 34 heavy (non-hydrogen) atoms. The van der Waals surface area contributed by atoms with E-state index in [4.69, 9.17) is 28.6 Å². The number of benzene rings is 3. The normalized spacial score (nSPS) is 10.6. The number of nitrogens with zero attached hydrogens (tertiary/aromatic N) is 2. The van der Waals surface area contributed by atoms with Crippen molar-refractivity contribution in [1.82, 2.24) is 9.47 Å². The van der Waals surface area contributed by atoms with Crippen LogP contribution < -0.4 is 10.1 Å². The number of ether oxygens (including phenoxy) is 1. The van der Waals surface area contributed by atoms with Crippen LogP contribution in [0.1, 0.15) is 23.7 Å². The summed E-state index contributed by atoms with van der Waals surface area (Å²) in [5, 5.41) is 4.82. The number of thiocarbonyl (C=S) groups is 1. The van der Waals surface area contributed by atoms with Crippen molar-refractivity contribution in [2.24, 2.45) is 0 Å². The maximum atomic E-state index is 6.05. The Kier molecular flexibility index (Phi) is 8.23. The molecule has 4 nitrogen and oxygen atoms in total. The van der Waals surface area contributed by atoms with Gasteiger partial charge in [0.05, 0.1) is 13.2 Å². The molecule has 0 amide bonds. The summed E-state index contributed by atoms with van der Waals surface area (Å²) in [6.07, 6.45) is 2.10. The van der Waals surface area contributed by atoms with E-state index in [0.717, 1.165) is 23.0 Å². The molecule has 4 rings (SSSR count). The van der Waals surface area contributed by atoms with Gasteiger partial charge < -0.3 is 19.5 Å². The summed E-state index contributed by atoms with van der Waals surface area (Å²) < 4.78 is 7.80. The van der Waals surface area contributed by atoms with Gasteiger partial charge in [0.1, 0.15) is 5.75 Å². The second-order valence-corrected chi connectivity index (χ2v) is 8.81. The summed E-state index contributed by atoms with van der Waals surface area (Å²) in [4.78, 5) is 2.19. The minimum Gasteiger partial charge on any atom is -0.494 e. The minimum atomic E-state index is 0.645. The number of hydrogen-bond donors (Lipinski definition) is 1. The molecule has 0 saturated carbocycles. The SMILES string of the molecule is CCOc1ccc(NC(=S)N(Cc2ccccc2)Cc2cccn2Cc2ccc(Cl)cc2)cc1. The van der Waals surface area contributed by atoms with Crippen LogP contribution in [0.3, 0.4) is 0 Å². The van der Waals surface area contributed by atoms with E-state index in [-0.39, 0.29) is 0 Å². The number of halogens is 1. The van der Waals surface area contributed by atoms with Crippen LogP contribution in [-0.2, 0) is 19.6 Å². The maximum Gasteiger partial charge on any atom is 0.174 e. The summed E-state index contributed by atoms with van der Waals surface area (Å²) in [5.41, 5.74) is 4.52. The molecule has 0 aliphatic heterocycles. The first-order chi connectivity index (χ1) is 16.6. The lowest BCUT2D eigenvalue weighted by molar-refractivity contribution is 0.340. The predicted molar refractivity (Wildman–Crippen MR) is 145 cm³/mol. The molecule has 0 unspecified atom stereocenters. The van der Waals surface area contributed by atoms with Gasteiger partial charge in [0.2, 0.25) is 0 Å². The average molecular weight is 490 g/mol. The van der Waals surface area contributed by atoms with E-state index < -0.39 is 0 Å². The zero-order valence-corrected chi connectivity index (χ0v) is 20.7. The first-order valence-corrected chi connectivity index (χ1v) is 12.1. The van der Waals surface area contributed by atoms with Gasteiger partial charge in [-0.05, 0) is 78.8 Å². The molecule has 0 bridgehead atoms. The Morgan fingerprint density at radius 3 is 2.32 bits per heavy atom. The Morgan fingerprint density at radius 1 is 0.882 bits per heavy atom. The van der Waals surface area contributed by atoms with Gasteiger partial charge in [0.15, 0.2) is 5.11 Å². The predicted octanol–water partition coefficient (Wildman–Crippen LogP) is 6.99. The summed E-state index contributed by atoms with van der Waals surface area (Å²) in [6, 6.07) is 30.5. The minimum absolute atomic E-state index is 0.645. The number of hydrogen-bond acceptors (Lipinski definition) is 2. The molecule has 0 radical (unpaired) electrons. The van der Waals surface area contributed by atoms with Crippen molar-refractivity contribution in [3.8, 4) is 5.75 Å². The quantitative estimate of drug-likeness (QED) is 0.256. The van der Waals surface area contributed by atoms with Gasteiger partial charge in [0.25, 0.3) is 0 Å². The van der Waals surface area contributed by atoms with Crippen LogP contribution >= 0.6 is 23.8 Å². The molecule has 0 atom stereocenters. The number of anilines is 1. The second kappa shape index (κ2) is 11.7. The fraction of sp³-hybridized carbons (Fsp3) is 0.179. The van der Waals surface area contributed by atoms with E-state index in [0.29, 0.717) is 24.8 Å². The van der Waals surface area contributed by atoms with E-state index in [1.165, 1.54) is 16.8 Å². The van der Waals surface area contributed by atoms with E-state index in [1.807, 2.05) is 49.4 Å². The average Bonchev–Trinajstić information content (AvgIpc) is 3.28. The smallest absolute Gasteiger partial charge is 0.174 e. The monoisotopic (exact) mass is 489 g/mol. The highest BCUT2D eigenvalue weighted by Gasteiger charge is 2.14. The number of aromatic nitrogens is 1. The molecule has 0 fully saturated rings. The summed E-state index contributed by atoms with van der Waals surface area (Å²) in [7, 11) is 0. The third kappa shape index (κ3) is 6.62. The van der Waals surface area contributed by atoms with Crippen LogP contribution in [-0.4, -0.2) is 21.2 Å². The zero-order valence-electron chi connectivity index (χ0n) is 19.2. The Morgan fingerprint density at radius 2 is 1.62 bits per heavy atom. The lowest BCUT2D eigenvalue weighted by atomic mass is 10.2. The van der Waals surface area contributed by atoms with Gasteiger partial charge in [-0.15, -0.1) is 0 Å². The lowest BCUT2D eigenvalue weighted by Crippen LogP contribution is -2.34. The van der Waals surface area contributed by atoms with Crippen molar-refractivity contribution < 1.29 is 4.74 Å². The molecule has 174 valence electrons. The fourth-order valence-corrected chi connectivity index (χ4v) is 4.11. The number of nitrogens with one attached hydrogen (secondary N) is 1. The molecule has 0 saturated heterocycles. The van der Waals surface area contributed by atoms with Gasteiger partial charge in [-0.3, -0.25) is 0 Å². The van der Waals surface area contributed by atoms with Crippen LogP contribution in [0.2, 0.25) is 5.02 Å². The molecule has 1 N–H and O–H groups in total. The maximum absolute atomic E-state index is 6.05. The van der Waals surface area contributed by atoms with Crippen molar-refractivity contribution in [2.45, 2.75) is 26.6 Å². The third-order valence-corrected chi connectivity index (χ3v) is 6.07. The highest BCUT2D eigenvalue weighted by molar-refractivity contribution is 7.80. The van der Waals surface area contributed by atoms with Crippen molar-refractivity contribution >= 4 is 34.6 Å². The summed E-state index contributed by atoms with van der Waals surface area (Å²) in [5.74, 6) is 0.847. The molecule has 1 heterocycles. The molecule has 4 aromatic rings. The Balaban J connectivity index is 1.51. The van der Waals surface area contributed by atoms with E-state index in [9.17, 15) is 0 Å². The standard InChI is InChI=1S/C28H28ClN3OS/c1-2-33-27-16-14-25(15-17-27)30-28(34)32(20-22-7-4-3-5-8-22)21-26-9-6-18-31(26)19-23-10-12-24(29)13-11-23/h3-18H,2,19-21H2,1H3,(H,30,34). The van der Waals surface area contributed by atoms with E-state index in [2.05, 4.69) is 69.5 Å². The van der Waals surface area contributed by atoms with Crippen LogP contribution in [0.15, 0.2) is 97.2 Å². The Hall–Kier alpha value is -3.28. The molecule has 3 aromatic carbocycles. The molecule has 0 spiro atoms. The van der Waals surface area contributed by atoms with Crippen LogP contribution in [0.4, 0.5) is 5.69 Å². The molecule has 1 aromatic heterocycles. The van der Waals surface area contributed by atoms with Crippen molar-refractivity contribution in [3.63, 3.8) is 0 Å². The fourth-order valence-electron chi connectivity index (χ4n) is 3.74. The number of rotatable bonds is 9. The first-order valence-electron chi connectivity index (χ1n) is 11.3. The van der Waals surface area contributed by atoms with E-state index >= 15 is 0 Å². The summed E-state index contributed by atoms with van der Waals surface area (Å²) in [6.45, 7) is 4.78. The molecular weight excluding hydrogens is 462 g/mol. The van der Waals surface area contributed by atoms with Crippen molar-refractivity contribution in [1.29, 1.82) is 0 Å². The molecule has 0 aliphatic carbocycles. The van der Waals surface area contributed by atoms with Crippen molar-refractivity contribution in [3.05, 3.63) is 119 Å². The largest absolute Gasteiger partial charge is 0.494 e. The third-order valence-electron chi connectivity index (χ3n) is 5.46. The van der Waals surface area contributed by atoms with Gasteiger partial charge in [-0.1, -0.05) is 54.1 Å². The highest BCUT2D eigenvalue weighted by Crippen LogP contribution is 2.19. The van der Waals surface area contributed by atoms with Gasteiger partial charge >= 0.3 is 0 Å². The van der Waals surface area contributed by atoms with Gasteiger partial charge in [0, 0.05) is 35.7 Å². The molecule has 0 aliphatic rings.